The van der Waals surface area contributed by atoms with Gasteiger partial charge >= 0.3 is 6.18 Å². The number of aromatic amines is 1. The molecule has 262 valence electrons. The molecule has 4 aromatic rings. The third-order valence-corrected chi connectivity index (χ3v) is 9.72. The molecular formula is C35H37F3N8O3S. The molecule has 0 saturated carbocycles. The minimum atomic E-state index is -4.77. The number of piperidine rings is 1. The molecule has 11 nitrogen and oxygen atoms in total. The zero-order valence-electron chi connectivity index (χ0n) is 28.4. The number of nitriles is 1. The number of anilines is 2. The van der Waals surface area contributed by atoms with Crippen molar-refractivity contribution in [1.29, 1.82) is 5.26 Å². The SMILES string of the molecule is CCCc1nc(C)c2c(=O)[nH]c(-c3cc(N4CCC(N5C(=S)N(c6ccc(C#N)c(C(F)(F)F)c6)C(=O)C5(C)C)CC4)ccc3OCC)nn12. The van der Waals surface area contributed by atoms with E-state index < -0.39 is 28.7 Å². The maximum Gasteiger partial charge on any atom is 0.417 e. The summed E-state index contributed by atoms with van der Waals surface area (Å²) < 4.78 is 48.9. The van der Waals surface area contributed by atoms with Gasteiger partial charge in [0.25, 0.3) is 11.5 Å². The monoisotopic (exact) mass is 706 g/mol. The maximum atomic E-state index is 13.8. The highest BCUT2D eigenvalue weighted by Crippen LogP contribution is 2.40. The van der Waals surface area contributed by atoms with Crippen LogP contribution in [0.4, 0.5) is 24.5 Å². The smallest absolute Gasteiger partial charge is 0.417 e. The molecular weight excluding hydrogens is 669 g/mol. The number of thiocarbonyl (C=S) groups is 1. The quantitative estimate of drug-likeness (QED) is 0.219. The van der Waals surface area contributed by atoms with Crippen molar-refractivity contribution in [3.63, 3.8) is 0 Å². The fourth-order valence-corrected chi connectivity index (χ4v) is 7.53. The van der Waals surface area contributed by atoms with Crippen LogP contribution < -0.4 is 20.1 Å². The Morgan fingerprint density at radius 1 is 1.10 bits per heavy atom. The molecule has 6 rings (SSSR count). The zero-order valence-corrected chi connectivity index (χ0v) is 29.2. The Morgan fingerprint density at radius 3 is 2.44 bits per heavy atom. The van der Waals surface area contributed by atoms with Crippen molar-refractivity contribution in [1.82, 2.24) is 24.5 Å². The standard InChI is InChI=1S/C35H37F3N8O3S/c1-6-8-28-40-20(3)29-31(47)41-30(42-46(28)29)25-17-23(11-12-27(25)49-7-2)43-15-13-22(14-16-43)45-33(50)44(32(48)34(45,4)5)24-10-9-21(19-39)26(18-24)35(36,37)38/h9-12,17-18,22H,6-8,13-16H2,1-5H3,(H,41,42,47). The lowest BCUT2D eigenvalue weighted by Crippen LogP contribution is -2.53. The molecule has 2 saturated heterocycles. The van der Waals surface area contributed by atoms with Gasteiger partial charge in [-0.2, -0.15) is 18.4 Å². The average molecular weight is 707 g/mol. The van der Waals surface area contributed by atoms with Gasteiger partial charge in [-0.05, 0) is 95.6 Å². The van der Waals surface area contributed by atoms with Gasteiger partial charge < -0.3 is 19.5 Å². The number of H-pyrrole nitrogens is 1. The number of imidazole rings is 1. The van der Waals surface area contributed by atoms with E-state index in [1.165, 1.54) is 6.07 Å². The molecule has 0 unspecified atom stereocenters. The summed E-state index contributed by atoms with van der Waals surface area (Å²) in [6, 6.07) is 10.4. The highest BCUT2D eigenvalue weighted by atomic mass is 32.1. The van der Waals surface area contributed by atoms with Gasteiger partial charge in [0.15, 0.2) is 16.5 Å². The Labute approximate surface area is 292 Å². The number of alkyl halides is 3. The van der Waals surface area contributed by atoms with Crippen molar-refractivity contribution in [3.8, 4) is 23.2 Å². The second kappa shape index (κ2) is 13.1. The molecule has 0 radical (unpaired) electrons. The molecule has 0 spiro atoms. The number of halogens is 3. The summed E-state index contributed by atoms with van der Waals surface area (Å²) in [7, 11) is 0. The zero-order chi connectivity index (χ0) is 36.1. The lowest BCUT2D eigenvalue weighted by atomic mass is 9.96. The Kier molecular flexibility index (Phi) is 9.10. The minimum absolute atomic E-state index is 0.0289. The van der Waals surface area contributed by atoms with E-state index in [0.717, 1.165) is 29.1 Å². The first-order valence-electron chi connectivity index (χ1n) is 16.5. The summed E-state index contributed by atoms with van der Waals surface area (Å²) in [5.74, 6) is 1.20. The fraction of sp³-hybridized carbons (Fsp3) is 0.429. The molecule has 1 amide bonds. The number of benzene rings is 2. The first kappa shape index (κ1) is 34.9. The molecule has 0 aliphatic carbocycles. The van der Waals surface area contributed by atoms with Gasteiger partial charge in [0.1, 0.15) is 17.1 Å². The van der Waals surface area contributed by atoms with Gasteiger partial charge in [0.2, 0.25) is 0 Å². The summed E-state index contributed by atoms with van der Waals surface area (Å²) in [5.41, 5.74) is -0.536. The van der Waals surface area contributed by atoms with E-state index in [4.69, 9.17) is 22.1 Å². The largest absolute Gasteiger partial charge is 0.493 e. The summed E-state index contributed by atoms with van der Waals surface area (Å²) in [6.45, 7) is 10.8. The van der Waals surface area contributed by atoms with Crippen LogP contribution in [0.15, 0.2) is 41.2 Å². The number of aromatic nitrogens is 4. The number of ether oxygens (including phenoxy) is 1. The van der Waals surface area contributed by atoms with Crippen LogP contribution in [-0.2, 0) is 17.4 Å². The van der Waals surface area contributed by atoms with Crippen LogP contribution in [0.2, 0.25) is 0 Å². The Bertz CT molecular complexity index is 2090. The van der Waals surface area contributed by atoms with E-state index in [0.29, 0.717) is 73.1 Å². The molecule has 4 heterocycles. The molecule has 15 heteroatoms. The number of hydrogen-bond donors (Lipinski definition) is 1. The predicted molar refractivity (Wildman–Crippen MR) is 186 cm³/mol. The lowest BCUT2D eigenvalue weighted by molar-refractivity contribution is -0.137. The molecule has 2 aliphatic rings. The van der Waals surface area contributed by atoms with E-state index in [2.05, 4.69) is 14.9 Å². The van der Waals surface area contributed by atoms with Crippen LogP contribution in [0.5, 0.6) is 5.75 Å². The van der Waals surface area contributed by atoms with Crippen molar-refractivity contribution < 1.29 is 22.7 Å². The second-order valence-electron chi connectivity index (χ2n) is 12.9. The number of aryl methyl sites for hydroxylation is 2. The van der Waals surface area contributed by atoms with Crippen LogP contribution in [0.3, 0.4) is 0 Å². The van der Waals surface area contributed by atoms with E-state index in [9.17, 15) is 28.0 Å². The Balaban J connectivity index is 1.26. The molecule has 2 aromatic heterocycles. The van der Waals surface area contributed by atoms with Gasteiger partial charge in [-0.1, -0.05) is 6.92 Å². The van der Waals surface area contributed by atoms with Crippen LogP contribution >= 0.6 is 12.2 Å². The third-order valence-electron chi connectivity index (χ3n) is 9.34. The number of fused-ring (bicyclic) bond motifs is 1. The van der Waals surface area contributed by atoms with Gasteiger partial charge in [-0.3, -0.25) is 14.5 Å². The first-order valence-corrected chi connectivity index (χ1v) is 16.9. The van der Waals surface area contributed by atoms with E-state index in [-0.39, 0.29) is 22.4 Å². The van der Waals surface area contributed by atoms with Crippen LogP contribution in [0.1, 0.15) is 69.6 Å². The van der Waals surface area contributed by atoms with Crippen molar-refractivity contribution in [2.45, 2.75) is 78.1 Å². The van der Waals surface area contributed by atoms with Gasteiger partial charge in [0.05, 0.1) is 40.7 Å². The van der Waals surface area contributed by atoms with E-state index in [1.54, 1.807) is 31.4 Å². The molecule has 2 fully saturated rings. The highest BCUT2D eigenvalue weighted by Gasteiger charge is 2.52. The number of amides is 1. The molecule has 2 aliphatic heterocycles. The van der Waals surface area contributed by atoms with E-state index >= 15 is 0 Å². The molecule has 0 atom stereocenters. The van der Waals surface area contributed by atoms with Crippen LogP contribution in [0, 0.1) is 18.3 Å². The molecule has 2 aromatic carbocycles. The van der Waals surface area contributed by atoms with Crippen molar-refractivity contribution >= 4 is 40.1 Å². The second-order valence-corrected chi connectivity index (χ2v) is 13.3. The third kappa shape index (κ3) is 5.95. The number of hydrogen-bond acceptors (Lipinski definition) is 8. The van der Waals surface area contributed by atoms with Crippen molar-refractivity contribution in [2.75, 3.05) is 29.5 Å². The van der Waals surface area contributed by atoms with Gasteiger partial charge in [-0.15, -0.1) is 5.10 Å². The van der Waals surface area contributed by atoms with Crippen LogP contribution in [0.25, 0.3) is 16.9 Å². The number of nitrogens with zero attached hydrogens (tertiary/aromatic N) is 7. The van der Waals surface area contributed by atoms with Gasteiger partial charge in [-0.25, -0.2) is 9.50 Å². The lowest BCUT2D eigenvalue weighted by Gasteiger charge is -2.42. The summed E-state index contributed by atoms with van der Waals surface area (Å²) >= 11 is 5.77. The molecule has 0 bridgehead atoms. The number of nitrogens with one attached hydrogen (secondary N) is 1. The minimum Gasteiger partial charge on any atom is -0.493 e. The first-order chi connectivity index (χ1) is 23.7. The summed E-state index contributed by atoms with van der Waals surface area (Å²) in [5, 5.41) is 14.2. The van der Waals surface area contributed by atoms with Crippen molar-refractivity contribution in [3.05, 3.63) is 69.4 Å². The number of carbonyl (C=O) groups is 1. The normalized spacial score (nSPS) is 16.8. The number of rotatable bonds is 8. The summed E-state index contributed by atoms with van der Waals surface area (Å²) in [4.78, 5) is 39.6. The Hall–Kier alpha value is -4.97. The predicted octanol–water partition coefficient (Wildman–Crippen LogP) is 6.02. The summed E-state index contributed by atoms with van der Waals surface area (Å²) in [6.07, 6.45) is -2.03. The Morgan fingerprint density at radius 2 is 1.80 bits per heavy atom. The number of carbonyl (C=O) groups excluding carboxylic acids is 1. The average Bonchev–Trinajstić information content (AvgIpc) is 3.48. The fourth-order valence-electron chi connectivity index (χ4n) is 6.96. The van der Waals surface area contributed by atoms with Crippen LogP contribution in [-0.4, -0.2) is 66.8 Å². The van der Waals surface area contributed by atoms with Gasteiger partial charge in [0, 0.05) is 31.2 Å². The highest BCUT2D eigenvalue weighted by molar-refractivity contribution is 7.80. The van der Waals surface area contributed by atoms with Crippen molar-refractivity contribution in [2.24, 2.45) is 0 Å². The topological polar surface area (TPSA) is 123 Å². The maximum absolute atomic E-state index is 13.8. The molecule has 1 N–H and O–H groups in total. The molecule has 50 heavy (non-hydrogen) atoms. The van der Waals surface area contributed by atoms with E-state index in [1.807, 2.05) is 36.9 Å².